The Kier molecular flexibility index (Phi) is 7.16. The van der Waals surface area contributed by atoms with Gasteiger partial charge in [-0.2, -0.15) is 0 Å². The van der Waals surface area contributed by atoms with Crippen LogP contribution in [-0.4, -0.2) is 15.0 Å². The van der Waals surface area contributed by atoms with Crippen LogP contribution in [0.1, 0.15) is 0 Å². The van der Waals surface area contributed by atoms with Crippen LogP contribution in [0.25, 0.3) is 122 Å². The maximum absolute atomic E-state index is 6.65. The number of fused-ring (bicyclic) bond motifs is 9. The SMILES string of the molecule is c1ccc(-c2cccc3c2oc2cccc(-c4nc(-c5ccc(-c6cccc7ccccc67)cc5)nc(-c5ccc6ccc7oc8ccccc8c7c6c5)n4)c23)cc1. The van der Waals surface area contributed by atoms with Gasteiger partial charge in [0.2, 0.25) is 0 Å². The summed E-state index contributed by atoms with van der Waals surface area (Å²) in [5, 5.41) is 8.77. The fourth-order valence-corrected chi connectivity index (χ4v) is 8.59. The van der Waals surface area contributed by atoms with E-state index in [-0.39, 0.29) is 0 Å². The van der Waals surface area contributed by atoms with E-state index in [1.807, 2.05) is 30.3 Å². The first kappa shape index (κ1) is 32.4. The second-order valence-electron chi connectivity index (χ2n) is 14.7. The number of furan rings is 2. The van der Waals surface area contributed by atoms with Gasteiger partial charge in [-0.1, -0.05) is 164 Å². The highest BCUT2D eigenvalue weighted by molar-refractivity contribution is 6.19. The first-order chi connectivity index (χ1) is 28.7. The molecule has 0 unspecified atom stereocenters. The molecule has 0 radical (unpaired) electrons. The van der Waals surface area contributed by atoms with Crippen molar-refractivity contribution in [3.63, 3.8) is 0 Å². The molecule has 12 rings (SSSR count). The first-order valence-electron chi connectivity index (χ1n) is 19.4. The Hall–Kier alpha value is -7.89. The largest absolute Gasteiger partial charge is 0.456 e. The summed E-state index contributed by atoms with van der Waals surface area (Å²) in [5.41, 5.74) is 10.4. The Morgan fingerprint density at radius 2 is 0.862 bits per heavy atom. The van der Waals surface area contributed by atoms with Gasteiger partial charge in [0.15, 0.2) is 17.5 Å². The fourth-order valence-electron chi connectivity index (χ4n) is 8.59. The average Bonchev–Trinajstić information content (AvgIpc) is 3.88. The smallest absolute Gasteiger partial charge is 0.164 e. The lowest BCUT2D eigenvalue weighted by atomic mass is 9.97. The maximum Gasteiger partial charge on any atom is 0.164 e. The Bertz CT molecular complexity index is 3560. The Morgan fingerprint density at radius 1 is 0.293 bits per heavy atom. The summed E-state index contributed by atoms with van der Waals surface area (Å²) < 4.78 is 12.9. The Labute approximate surface area is 332 Å². The molecule has 0 amide bonds. The number of hydrogen-bond acceptors (Lipinski definition) is 5. The lowest BCUT2D eigenvalue weighted by Gasteiger charge is -2.11. The number of para-hydroxylation sites is 2. The molecule has 12 aromatic rings. The van der Waals surface area contributed by atoms with E-state index in [2.05, 4.69) is 158 Å². The highest BCUT2D eigenvalue weighted by Gasteiger charge is 2.20. The van der Waals surface area contributed by atoms with Crippen LogP contribution in [0.5, 0.6) is 0 Å². The van der Waals surface area contributed by atoms with Gasteiger partial charge in [0.1, 0.15) is 22.3 Å². The van der Waals surface area contributed by atoms with E-state index in [4.69, 9.17) is 23.8 Å². The van der Waals surface area contributed by atoms with E-state index in [9.17, 15) is 0 Å². The summed E-state index contributed by atoms with van der Waals surface area (Å²) in [5.74, 6) is 1.74. The van der Waals surface area contributed by atoms with Gasteiger partial charge in [0, 0.05) is 43.8 Å². The molecule has 0 aliphatic rings. The number of rotatable bonds is 5. The van der Waals surface area contributed by atoms with Crippen LogP contribution in [0.2, 0.25) is 0 Å². The minimum Gasteiger partial charge on any atom is -0.456 e. The Morgan fingerprint density at radius 3 is 1.76 bits per heavy atom. The third-order valence-corrected chi connectivity index (χ3v) is 11.3. The summed E-state index contributed by atoms with van der Waals surface area (Å²) >= 11 is 0. The second kappa shape index (κ2) is 12.8. The molecule has 0 spiro atoms. The van der Waals surface area contributed by atoms with Crippen molar-refractivity contribution in [1.29, 1.82) is 0 Å². The van der Waals surface area contributed by atoms with Crippen molar-refractivity contribution in [2.75, 3.05) is 0 Å². The molecule has 58 heavy (non-hydrogen) atoms. The molecule has 3 heterocycles. The molecule has 0 aliphatic heterocycles. The standard InChI is InChI=1S/C53H31N3O2/c1-2-11-33(12-3-1)40-18-9-19-42-49-43(20-10-22-46(49)58-50(40)42)53-55-51(36-26-23-34(24-27-36)39-17-8-14-32-13-4-5-15-38(32)39)54-52(56-53)37-28-25-35-29-30-47-48(44(35)31-37)41-16-6-7-21-45(41)57-47/h1-31H. The predicted octanol–water partition coefficient (Wildman–Crippen LogP) is 14.3. The van der Waals surface area contributed by atoms with Gasteiger partial charge in [-0.25, -0.2) is 15.0 Å². The Balaban J connectivity index is 1.07. The van der Waals surface area contributed by atoms with Crippen molar-refractivity contribution in [2.45, 2.75) is 0 Å². The van der Waals surface area contributed by atoms with Crippen molar-refractivity contribution in [2.24, 2.45) is 0 Å². The van der Waals surface area contributed by atoms with E-state index in [0.29, 0.717) is 17.5 Å². The van der Waals surface area contributed by atoms with Crippen molar-refractivity contribution >= 4 is 65.4 Å². The third kappa shape index (κ3) is 5.14. The molecular weight excluding hydrogens is 711 g/mol. The normalized spacial score (nSPS) is 11.8. The van der Waals surface area contributed by atoms with Crippen molar-refractivity contribution in [3.05, 3.63) is 188 Å². The zero-order valence-electron chi connectivity index (χ0n) is 31.1. The highest BCUT2D eigenvalue weighted by Crippen LogP contribution is 2.41. The number of nitrogens with zero attached hydrogens (tertiary/aromatic N) is 3. The lowest BCUT2D eigenvalue weighted by molar-refractivity contribution is 0.669. The van der Waals surface area contributed by atoms with Gasteiger partial charge in [0.25, 0.3) is 0 Å². The average molecular weight is 742 g/mol. The third-order valence-electron chi connectivity index (χ3n) is 11.3. The van der Waals surface area contributed by atoms with Crippen molar-refractivity contribution in [3.8, 4) is 56.4 Å². The molecule has 0 bridgehead atoms. The van der Waals surface area contributed by atoms with Crippen LogP contribution in [0, 0.1) is 0 Å². The molecule has 270 valence electrons. The van der Waals surface area contributed by atoms with E-state index in [1.54, 1.807) is 0 Å². The topological polar surface area (TPSA) is 65.0 Å². The molecule has 5 heteroatoms. The molecule has 0 saturated heterocycles. The van der Waals surface area contributed by atoms with Crippen LogP contribution < -0.4 is 0 Å². The molecule has 3 aromatic heterocycles. The summed E-state index contributed by atoms with van der Waals surface area (Å²) in [6.07, 6.45) is 0. The van der Waals surface area contributed by atoms with Gasteiger partial charge in [-0.3, -0.25) is 0 Å². The predicted molar refractivity (Wildman–Crippen MR) is 237 cm³/mol. The van der Waals surface area contributed by atoms with Crippen LogP contribution in [-0.2, 0) is 0 Å². The van der Waals surface area contributed by atoms with Crippen LogP contribution >= 0.6 is 0 Å². The summed E-state index contributed by atoms with van der Waals surface area (Å²) in [4.78, 5) is 15.7. The summed E-state index contributed by atoms with van der Waals surface area (Å²) in [6, 6.07) is 65.1. The van der Waals surface area contributed by atoms with Gasteiger partial charge >= 0.3 is 0 Å². The number of aromatic nitrogens is 3. The lowest BCUT2D eigenvalue weighted by Crippen LogP contribution is -2.00. The minimum absolute atomic E-state index is 0.573. The van der Waals surface area contributed by atoms with E-state index < -0.39 is 0 Å². The zero-order valence-corrected chi connectivity index (χ0v) is 31.1. The minimum atomic E-state index is 0.573. The number of benzene rings is 9. The van der Waals surface area contributed by atoms with Crippen LogP contribution in [0.15, 0.2) is 197 Å². The molecule has 0 N–H and O–H groups in total. The molecular formula is C53H31N3O2. The monoisotopic (exact) mass is 741 g/mol. The summed E-state index contributed by atoms with van der Waals surface area (Å²) in [7, 11) is 0. The summed E-state index contributed by atoms with van der Waals surface area (Å²) in [6.45, 7) is 0. The molecule has 0 atom stereocenters. The van der Waals surface area contributed by atoms with Gasteiger partial charge < -0.3 is 8.83 Å². The van der Waals surface area contributed by atoms with Crippen LogP contribution in [0.3, 0.4) is 0 Å². The van der Waals surface area contributed by atoms with Crippen molar-refractivity contribution < 1.29 is 8.83 Å². The second-order valence-corrected chi connectivity index (χ2v) is 14.7. The van der Waals surface area contributed by atoms with E-state index >= 15 is 0 Å². The molecule has 0 saturated carbocycles. The molecule has 9 aromatic carbocycles. The highest BCUT2D eigenvalue weighted by atomic mass is 16.3. The molecule has 5 nitrogen and oxygen atoms in total. The van der Waals surface area contributed by atoms with Gasteiger partial charge in [-0.15, -0.1) is 0 Å². The van der Waals surface area contributed by atoms with Gasteiger partial charge in [-0.05, 0) is 62.5 Å². The van der Waals surface area contributed by atoms with E-state index in [1.165, 1.54) is 16.3 Å². The maximum atomic E-state index is 6.65. The van der Waals surface area contributed by atoms with E-state index in [0.717, 1.165) is 88.0 Å². The van der Waals surface area contributed by atoms with Crippen molar-refractivity contribution in [1.82, 2.24) is 15.0 Å². The quantitative estimate of drug-likeness (QED) is 0.176. The molecule has 0 fully saturated rings. The molecule has 0 aliphatic carbocycles. The first-order valence-corrected chi connectivity index (χ1v) is 19.4. The zero-order chi connectivity index (χ0) is 38.2. The van der Waals surface area contributed by atoms with Crippen LogP contribution in [0.4, 0.5) is 0 Å². The number of hydrogen-bond donors (Lipinski definition) is 0. The van der Waals surface area contributed by atoms with Gasteiger partial charge in [0.05, 0.1) is 0 Å². The fraction of sp³-hybridized carbons (Fsp3) is 0.